The minimum absolute atomic E-state index is 0.0837. The van der Waals surface area contributed by atoms with E-state index in [0.29, 0.717) is 17.4 Å². The number of amides is 1. The third-order valence-corrected chi connectivity index (χ3v) is 2.56. The van der Waals surface area contributed by atoms with Crippen LogP contribution < -0.4 is 16.0 Å². The van der Waals surface area contributed by atoms with E-state index in [2.05, 4.69) is 0 Å². The predicted molar refractivity (Wildman–Crippen MR) is 64.7 cm³/mol. The molecule has 1 aromatic rings. The second kappa shape index (κ2) is 6.44. The molecule has 94 valence electrons. The van der Waals surface area contributed by atoms with Crippen LogP contribution in [0.4, 0.5) is 0 Å². The number of carbonyl (C=O) groups excluding carboxylic acids is 1. The summed E-state index contributed by atoms with van der Waals surface area (Å²) in [7, 11) is 1.56. The maximum Gasteiger partial charge on any atom is 0.259 e. The fraction of sp³-hybridized carbons (Fsp3) is 0.364. The monoisotopic (exact) mass is 258 g/mol. The van der Waals surface area contributed by atoms with Gasteiger partial charge in [-0.3, -0.25) is 10.2 Å². The Morgan fingerprint density at radius 1 is 1.53 bits per heavy atom. The average Bonchev–Trinajstić information content (AvgIpc) is 2.32. The summed E-state index contributed by atoms with van der Waals surface area (Å²) >= 11 is 5.99. The summed E-state index contributed by atoms with van der Waals surface area (Å²) in [6.45, 7) is 2.13. The van der Waals surface area contributed by atoms with Crippen molar-refractivity contribution in [1.29, 1.82) is 0 Å². The number of halogens is 1. The lowest BCUT2D eigenvalue weighted by molar-refractivity contribution is -0.126. The lowest BCUT2D eigenvalue weighted by Gasteiger charge is -2.10. The SMILES string of the molecule is COc1cc(C)c(COCC(=O)NN)cc1Cl. The molecule has 0 aliphatic rings. The molecule has 0 saturated heterocycles. The number of aryl methyl sites for hydroxylation is 1. The third-order valence-electron chi connectivity index (χ3n) is 2.26. The molecule has 0 unspecified atom stereocenters. The highest BCUT2D eigenvalue weighted by atomic mass is 35.5. The second-order valence-electron chi connectivity index (χ2n) is 3.47. The second-order valence-corrected chi connectivity index (χ2v) is 3.88. The molecule has 0 spiro atoms. The number of benzene rings is 1. The quantitative estimate of drug-likeness (QED) is 0.472. The van der Waals surface area contributed by atoms with E-state index in [-0.39, 0.29) is 12.5 Å². The van der Waals surface area contributed by atoms with Crippen molar-refractivity contribution < 1.29 is 14.3 Å². The summed E-state index contributed by atoms with van der Waals surface area (Å²) in [4.78, 5) is 10.8. The Kier molecular flexibility index (Phi) is 5.21. The van der Waals surface area contributed by atoms with Crippen LogP contribution in [0.15, 0.2) is 12.1 Å². The normalized spacial score (nSPS) is 10.1. The molecule has 0 aliphatic heterocycles. The number of nitrogens with two attached hydrogens (primary N) is 1. The van der Waals surface area contributed by atoms with Crippen molar-refractivity contribution in [1.82, 2.24) is 5.43 Å². The summed E-state index contributed by atoms with van der Waals surface area (Å²) in [5.41, 5.74) is 3.87. The molecule has 1 rings (SSSR count). The van der Waals surface area contributed by atoms with Crippen molar-refractivity contribution in [2.24, 2.45) is 5.84 Å². The van der Waals surface area contributed by atoms with E-state index >= 15 is 0 Å². The first-order valence-electron chi connectivity index (χ1n) is 4.98. The van der Waals surface area contributed by atoms with Gasteiger partial charge in [-0.2, -0.15) is 0 Å². The van der Waals surface area contributed by atoms with Gasteiger partial charge in [0.05, 0.1) is 18.7 Å². The van der Waals surface area contributed by atoms with Gasteiger partial charge in [-0.25, -0.2) is 5.84 Å². The molecule has 0 heterocycles. The number of methoxy groups -OCH3 is 1. The van der Waals surface area contributed by atoms with E-state index in [4.69, 9.17) is 26.9 Å². The molecule has 0 aromatic heterocycles. The molecule has 1 aromatic carbocycles. The number of hydrazine groups is 1. The Bertz CT molecular complexity index is 410. The molecule has 5 nitrogen and oxygen atoms in total. The number of hydrogen-bond acceptors (Lipinski definition) is 4. The van der Waals surface area contributed by atoms with Gasteiger partial charge in [-0.15, -0.1) is 0 Å². The highest BCUT2D eigenvalue weighted by Gasteiger charge is 2.07. The zero-order valence-electron chi connectivity index (χ0n) is 9.75. The number of ether oxygens (including phenoxy) is 2. The van der Waals surface area contributed by atoms with Gasteiger partial charge in [0.2, 0.25) is 0 Å². The largest absolute Gasteiger partial charge is 0.495 e. The Labute approximate surface area is 105 Å². The molecule has 0 radical (unpaired) electrons. The van der Waals surface area contributed by atoms with Crippen molar-refractivity contribution in [2.75, 3.05) is 13.7 Å². The highest BCUT2D eigenvalue weighted by Crippen LogP contribution is 2.28. The highest BCUT2D eigenvalue weighted by molar-refractivity contribution is 6.32. The number of rotatable bonds is 5. The first-order valence-corrected chi connectivity index (χ1v) is 5.36. The fourth-order valence-electron chi connectivity index (χ4n) is 1.30. The molecule has 0 bridgehead atoms. The van der Waals surface area contributed by atoms with Gasteiger partial charge in [0.15, 0.2) is 0 Å². The van der Waals surface area contributed by atoms with Gasteiger partial charge in [0.1, 0.15) is 12.4 Å². The van der Waals surface area contributed by atoms with Crippen LogP contribution in [0.3, 0.4) is 0 Å². The number of nitrogens with one attached hydrogen (secondary N) is 1. The van der Waals surface area contributed by atoms with Gasteiger partial charge in [0.25, 0.3) is 5.91 Å². The van der Waals surface area contributed by atoms with E-state index < -0.39 is 0 Å². The minimum Gasteiger partial charge on any atom is -0.495 e. The van der Waals surface area contributed by atoms with Crippen LogP contribution in [-0.4, -0.2) is 19.6 Å². The molecule has 0 atom stereocenters. The van der Waals surface area contributed by atoms with Gasteiger partial charge < -0.3 is 9.47 Å². The van der Waals surface area contributed by atoms with Crippen LogP contribution in [0.1, 0.15) is 11.1 Å². The van der Waals surface area contributed by atoms with Crippen molar-refractivity contribution in [3.63, 3.8) is 0 Å². The molecule has 1 amide bonds. The molecule has 17 heavy (non-hydrogen) atoms. The lowest BCUT2D eigenvalue weighted by atomic mass is 10.1. The average molecular weight is 259 g/mol. The van der Waals surface area contributed by atoms with Crippen molar-refractivity contribution in [3.05, 3.63) is 28.3 Å². The molecule has 0 saturated carbocycles. The Hall–Kier alpha value is -1.30. The Morgan fingerprint density at radius 2 is 2.24 bits per heavy atom. The van der Waals surface area contributed by atoms with Crippen LogP contribution in [0, 0.1) is 6.92 Å². The van der Waals surface area contributed by atoms with E-state index in [1.54, 1.807) is 13.2 Å². The van der Waals surface area contributed by atoms with Gasteiger partial charge >= 0.3 is 0 Å². The van der Waals surface area contributed by atoms with E-state index in [1.807, 2.05) is 18.4 Å². The lowest BCUT2D eigenvalue weighted by Crippen LogP contribution is -2.33. The molecule has 3 N–H and O–H groups in total. The minimum atomic E-state index is -0.373. The van der Waals surface area contributed by atoms with E-state index in [9.17, 15) is 4.79 Å². The number of hydrogen-bond donors (Lipinski definition) is 2. The standard InChI is InChI=1S/C11H15ClN2O3/c1-7-3-10(16-2)9(12)4-8(7)5-17-6-11(15)14-13/h3-4H,5-6,13H2,1-2H3,(H,14,15). The van der Waals surface area contributed by atoms with Crippen molar-refractivity contribution in [3.8, 4) is 5.75 Å². The third kappa shape index (κ3) is 3.89. The number of carbonyl (C=O) groups is 1. The van der Waals surface area contributed by atoms with Crippen LogP contribution >= 0.6 is 11.6 Å². The summed E-state index contributed by atoms with van der Waals surface area (Å²) in [6, 6.07) is 3.58. The summed E-state index contributed by atoms with van der Waals surface area (Å²) in [5.74, 6) is 5.17. The molecule has 0 aliphatic carbocycles. The van der Waals surface area contributed by atoms with E-state index in [0.717, 1.165) is 11.1 Å². The predicted octanol–water partition coefficient (Wildman–Crippen LogP) is 1.16. The summed E-state index contributed by atoms with van der Waals surface area (Å²) < 4.78 is 10.3. The molecular weight excluding hydrogens is 244 g/mol. The zero-order valence-corrected chi connectivity index (χ0v) is 10.5. The molecule has 0 fully saturated rings. The first kappa shape index (κ1) is 13.8. The van der Waals surface area contributed by atoms with Crippen LogP contribution in [0.5, 0.6) is 5.75 Å². The Morgan fingerprint density at radius 3 is 2.82 bits per heavy atom. The van der Waals surface area contributed by atoms with Gasteiger partial charge in [-0.1, -0.05) is 11.6 Å². The Balaban J connectivity index is 2.65. The summed E-state index contributed by atoms with van der Waals surface area (Å²) in [6.07, 6.45) is 0. The van der Waals surface area contributed by atoms with Crippen LogP contribution in [-0.2, 0) is 16.1 Å². The topological polar surface area (TPSA) is 73.6 Å². The molecular formula is C11H15ClN2O3. The summed E-state index contributed by atoms with van der Waals surface area (Å²) in [5, 5.41) is 0.514. The van der Waals surface area contributed by atoms with E-state index in [1.165, 1.54) is 0 Å². The maximum absolute atomic E-state index is 10.8. The van der Waals surface area contributed by atoms with Gasteiger partial charge in [0, 0.05) is 0 Å². The van der Waals surface area contributed by atoms with Crippen molar-refractivity contribution in [2.45, 2.75) is 13.5 Å². The van der Waals surface area contributed by atoms with Crippen LogP contribution in [0.25, 0.3) is 0 Å². The van der Waals surface area contributed by atoms with Gasteiger partial charge in [-0.05, 0) is 30.2 Å². The zero-order chi connectivity index (χ0) is 12.8. The molecule has 6 heteroatoms. The maximum atomic E-state index is 10.8. The first-order chi connectivity index (χ1) is 8.08. The fourth-order valence-corrected chi connectivity index (χ4v) is 1.57. The van der Waals surface area contributed by atoms with Crippen LogP contribution in [0.2, 0.25) is 5.02 Å². The smallest absolute Gasteiger partial charge is 0.259 e. The van der Waals surface area contributed by atoms with Crippen molar-refractivity contribution >= 4 is 17.5 Å².